The molecule has 1 saturated carbocycles. The van der Waals surface area contributed by atoms with E-state index >= 15 is 0 Å². The van der Waals surface area contributed by atoms with E-state index in [-0.39, 0.29) is 17.2 Å². The first-order chi connectivity index (χ1) is 10.1. The molecule has 2 aromatic carbocycles. The van der Waals surface area contributed by atoms with Gasteiger partial charge in [-0.2, -0.15) is 0 Å². The molecule has 0 spiro atoms. The molecule has 1 N–H and O–H groups in total. The normalized spacial score (nSPS) is 18.3. The molecule has 2 aromatic rings. The molecule has 1 heterocycles. The van der Waals surface area contributed by atoms with E-state index in [2.05, 4.69) is 33.4 Å². The van der Waals surface area contributed by atoms with Gasteiger partial charge in [0.1, 0.15) is 0 Å². The molecular weight excluding hydrogens is 330 g/mol. The molecule has 0 saturated heterocycles. The molecule has 0 atom stereocenters. The van der Waals surface area contributed by atoms with Crippen LogP contribution in [0.1, 0.15) is 44.7 Å². The second-order valence-corrected chi connectivity index (χ2v) is 6.52. The van der Waals surface area contributed by atoms with Crippen LogP contribution in [0.3, 0.4) is 0 Å². The van der Waals surface area contributed by atoms with Crippen molar-refractivity contribution in [1.29, 1.82) is 0 Å². The van der Waals surface area contributed by atoms with Crippen molar-refractivity contribution in [2.24, 2.45) is 0 Å². The number of fused-ring (bicyclic) bond motifs is 1. The summed E-state index contributed by atoms with van der Waals surface area (Å²) in [5.74, 6) is -0.558. The fourth-order valence-corrected chi connectivity index (χ4v) is 3.49. The van der Waals surface area contributed by atoms with Crippen molar-refractivity contribution in [1.82, 2.24) is 5.32 Å². The van der Waals surface area contributed by atoms with Crippen LogP contribution in [0.2, 0.25) is 0 Å². The number of amides is 2. The van der Waals surface area contributed by atoms with Crippen LogP contribution in [-0.4, -0.2) is 11.8 Å². The summed E-state index contributed by atoms with van der Waals surface area (Å²) < 4.78 is 1.04. The van der Waals surface area contributed by atoms with E-state index in [1.54, 1.807) is 6.07 Å². The Bertz CT molecular complexity index is 776. The van der Waals surface area contributed by atoms with Crippen LogP contribution in [0.15, 0.2) is 46.9 Å². The Balaban J connectivity index is 1.90. The van der Waals surface area contributed by atoms with E-state index in [1.165, 1.54) is 5.56 Å². The van der Waals surface area contributed by atoms with Crippen molar-refractivity contribution in [2.75, 3.05) is 0 Å². The summed E-state index contributed by atoms with van der Waals surface area (Å²) in [6.07, 6.45) is 2.01. The Morgan fingerprint density at radius 1 is 0.952 bits per heavy atom. The quantitative estimate of drug-likeness (QED) is 0.850. The number of rotatable bonds is 2. The summed E-state index contributed by atoms with van der Waals surface area (Å²) in [7, 11) is 0. The van der Waals surface area contributed by atoms with Crippen molar-refractivity contribution in [2.45, 2.75) is 18.3 Å². The van der Waals surface area contributed by atoms with Gasteiger partial charge in [0.25, 0.3) is 11.8 Å². The summed E-state index contributed by atoms with van der Waals surface area (Å²) in [5, 5.41) is 2.40. The molecule has 1 fully saturated rings. The molecule has 4 rings (SSSR count). The second-order valence-electron chi connectivity index (χ2n) is 5.60. The van der Waals surface area contributed by atoms with Gasteiger partial charge in [0.05, 0.1) is 11.1 Å². The van der Waals surface area contributed by atoms with Gasteiger partial charge in [0.15, 0.2) is 0 Å². The predicted molar refractivity (Wildman–Crippen MR) is 82.4 cm³/mol. The van der Waals surface area contributed by atoms with E-state index in [9.17, 15) is 9.59 Å². The Morgan fingerprint density at radius 2 is 1.67 bits per heavy atom. The van der Waals surface area contributed by atoms with Crippen molar-refractivity contribution in [3.05, 3.63) is 69.2 Å². The molecule has 0 bridgehead atoms. The monoisotopic (exact) mass is 341 g/mol. The lowest BCUT2D eigenvalue weighted by Gasteiger charge is -2.19. The van der Waals surface area contributed by atoms with Gasteiger partial charge in [-0.1, -0.05) is 40.2 Å². The van der Waals surface area contributed by atoms with Crippen LogP contribution in [0, 0.1) is 0 Å². The van der Waals surface area contributed by atoms with Crippen LogP contribution < -0.4 is 5.32 Å². The van der Waals surface area contributed by atoms with E-state index < -0.39 is 0 Å². The summed E-state index contributed by atoms with van der Waals surface area (Å²) in [6.45, 7) is 0. The lowest BCUT2D eigenvalue weighted by molar-refractivity contribution is 0.0879. The van der Waals surface area contributed by atoms with Gasteiger partial charge in [0.2, 0.25) is 0 Å². The van der Waals surface area contributed by atoms with E-state index in [0.29, 0.717) is 11.1 Å². The van der Waals surface area contributed by atoms with Gasteiger partial charge in [0, 0.05) is 9.89 Å². The summed E-state index contributed by atoms with van der Waals surface area (Å²) in [6, 6.07) is 13.8. The van der Waals surface area contributed by atoms with Crippen molar-refractivity contribution in [3.63, 3.8) is 0 Å². The Labute approximate surface area is 130 Å². The standard InChI is InChI=1S/C17H12BrNO2/c18-11-6-4-10(5-7-11)17(8-9-17)13-3-1-2-12-14(13)16(21)19-15(12)20/h1-7H,8-9H2,(H,19,20,21). The maximum atomic E-state index is 12.1. The Kier molecular flexibility index (Phi) is 2.60. The topological polar surface area (TPSA) is 46.2 Å². The number of nitrogens with one attached hydrogen (secondary N) is 1. The lowest BCUT2D eigenvalue weighted by Crippen LogP contribution is -2.21. The fourth-order valence-electron chi connectivity index (χ4n) is 3.23. The minimum absolute atomic E-state index is 0.117. The first-order valence-electron chi connectivity index (χ1n) is 6.87. The highest BCUT2D eigenvalue weighted by Crippen LogP contribution is 2.55. The Hall–Kier alpha value is -1.94. The lowest BCUT2D eigenvalue weighted by atomic mass is 9.84. The largest absolute Gasteiger partial charge is 0.288 e. The molecule has 1 aliphatic carbocycles. The second kappa shape index (κ2) is 4.28. The number of hydrogen-bond donors (Lipinski definition) is 1. The van der Waals surface area contributed by atoms with Crippen molar-refractivity contribution in [3.8, 4) is 0 Å². The number of carbonyl (C=O) groups is 2. The van der Waals surface area contributed by atoms with Crippen molar-refractivity contribution < 1.29 is 9.59 Å². The van der Waals surface area contributed by atoms with Crippen LogP contribution in [0.5, 0.6) is 0 Å². The molecule has 0 aromatic heterocycles. The molecule has 4 heteroatoms. The molecular formula is C17H12BrNO2. The Morgan fingerprint density at radius 3 is 2.33 bits per heavy atom. The number of carbonyl (C=O) groups excluding carboxylic acids is 2. The zero-order valence-electron chi connectivity index (χ0n) is 11.2. The summed E-state index contributed by atoms with van der Waals surface area (Å²) in [5.41, 5.74) is 3.12. The highest BCUT2D eigenvalue weighted by atomic mass is 79.9. The average molecular weight is 342 g/mol. The molecule has 1 aliphatic heterocycles. The number of benzene rings is 2. The minimum atomic E-state index is -0.288. The van der Waals surface area contributed by atoms with Gasteiger partial charge in [-0.3, -0.25) is 14.9 Å². The average Bonchev–Trinajstić information content (AvgIpc) is 3.23. The molecule has 2 amide bonds. The number of imide groups is 1. The smallest absolute Gasteiger partial charge is 0.259 e. The van der Waals surface area contributed by atoms with Crippen LogP contribution in [0.4, 0.5) is 0 Å². The van der Waals surface area contributed by atoms with Gasteiger partial charge < -0.3 is 0 Å². The third kappa shape index (κ3) is 1.79. The third-order valence-electron chi connectivity index (χ3n) is 4.43. The minimum Gasteiger partial charge on any atom is -0.288 e. The van der Waals surface area contributed by atoms with E-state index in [4.69, 9.17) is 0 Å². The van der Waals surface area contributed by atoms with Gasteiger partial charge in [-0.05, 0) is 42.2 Å². The zero-order chi connectivity index (χ0) is 14.6. The highest BCUT2D eigenvalue weighted by molar-refractivity contribution is 9.10. The summed E-state index contributed by atoms with van der Waals surface area (Å²) in [4.78, 5) is 23.9. The maximum Gasteiger partial charge on any atom is 0.259 e. The molecule has 0 unspecified atom stereocenters. The predicted octanol–water partition coefficient (Wildman–Crippen LogP) is 3.41. The zero-order valence-corrected chi connectivity index (χ0v) is 12.7. The highest BCUT2D eigenvalue weighted by Gasteiger charge is 2.49. The molecule has 3 nitrogen and oxygen atoms in total. The molecule has 2 aliphatic rings. The SMILES string of the molecule is O=C1NC(=O)c2c1cccc2C1(c2ccc(Br)cc2)CC1. The van der Waals surface area contributed by atoms with Crippen LogP contribution in [0.25, 0.3) is 0 Å². The molecule has 21 heavy (non-hydrogen) atoms. The van der Waals surface area contributed by atoms with Gasteiger partial charge in [-0.25, -0.2) is 0 Å². The number of hydrogen-bond acceptors (Lipinski definition) is 2. The van der Waals surface area contributed by atoms with Crippen LogP contribution in [-0.2, 0) is 5.41 Å². The van der Waals surface area contributed by atoms with Crippen molar-refractivity contribution >= 4 is 27.7 Å². The third-order valence-corrected chi connectivity index (χ3v) is 4.95. The molecule has 0 radical (unpaired) electrons. The first kappa shape index (κ1) is 12.8. The number of halogens is 1. The van der Waals surface area contributed by atoms with E-state index in [1.807, 2.05) is 24.3 Å². The van der Waals surface area contributed by atoms with E-state index in [0.717, 1.165) is 22.9 Å². The van der Waals surface area contributed by atoms with Gasteiger partial charge in [-0.15, -0.1) is 0 Å². The first-order valence-corrected chi connectivity index (χ1v) is 7.66. The summed E-state index contributed by atoms with van der Waals surface area (Å²) >= 11 is 3.45. The van der Waals surface area contributed by atoms with Crippen LogP contribution >= 0.6 is 15.9 Å². The maximum absolute atomic E-state index is 12.1. The van der Waals surface area contributed by atoms with Gasteiger partial charge >= 0.3 is 0 Å². The fraction of sp³-hybridized carbons (Fsp3) is 0.176. The molecule has 104 valence electrons.